The summed E-state index contributed by atoms with van der Waals surface area (Å²) in [5.41, 5.74) is 3.52. The molecule has 0 amide bonds. The van der Waals surface area contributed by atoms with Crippen LogP contribution in [0.2, 0.25) is 0 Å². The molecule has 2 heterocycles. The molecule has 0 saturated carbocycles. The van der Waals surface area contributed by atoms with E-state index in [1.165, 1.54) is 5.56 Å². The summed E-state index contributed by atoms with van der Waals surface area (Å²) in [5, 5.41) is 0. The van der Waals surface area contributed by atoms with E-state index >= 15 is 0 Å². The fourth-order valence-electron chi connectivity index (χ4n) is 2.40. The minimum atomic E-state index is 0.167. The molecule has 0 aliphatic carbocycles. The quantitative estimate of drug-likeness (QED) is 0.732. The van der Waals surface area contributed by atoms with Crippen LogP contribution in [0.1, 0.15) is 22.9 Å². The fourth-order valence-corrected chi connectivity index (χ4v) is 2.40. The Kier molecular flexibility index (Phi) is 3.11. The number of hydrogen-bond donors (Lipinski definition) is 2. The van der Waals surface area contributed by atoms with E-state index in [2.05, 4.69) is 34.2 Å². The van der Waals surface area contributed by atoms with Crippen LogP contribution >= 0.6 is 0 Å². The molecule has 3 rings (SSSR count). The van der Waals surface area contributed by atoms with E-state index in [-0.39, 0.29) is 5.92 Å². The normalized spacial score (nSPS) is 10.8. The molecule has 0 fully saturated rings. The summed E-state index contributed by atoms with van der Waals surface area (Å²) in [7, 11) is 1.69. The van der Waals surface area contributed by atoms with E-state index in [1.54, 1.807) is 7.11 Å². The molecule has 0 radical (unpaired) electrons. The molecule has 1 aromatic carbocycles. The van der Waals surface area contributed by atoms with Gasteiger partial charge in [0.05, 0.1) is 13.0 Å². The third-order valence-corrected chi connectivity index (χ3v) is 3.29. The molecule has 0 aliphatic rings. The van der Waals surface area contributed by atoms with Crippen molar-refractivity contribution in [2.45, 2.75) is 5.92 Å². The van der Waals surface area contributed by atoms with Gasteiger partial charge in [-0.3, -0.25) is 0 Å². The van der Waals surface area contributed by atoms with Crippen LogP contribution < -0.4 is 4.74 Å². The molecule has 2 N–H and O–H groups in total. The molecule has 3 aromatic rings. The lowest BCUT2D eigenvalue weighted by Crippen LogP contribution is -2.04. The van der Waals surface area contributed by atoms with Gasteiger partial charge in [-0.05, 0) is 42.0 Å². The minimum absolute atomic E-state index is 0.167. The summed E-state index contributed by atoms with van der Waals surface area (Å²) in [6, 6.07) is 16.4. The molecule has 0 saturated heterocycles. The van der Waals surface area contributed by atoms with Gasteiger partial charge >= 0.3 is 0 Å². The summed E-state index contributed by atoms with van der Waals surface area (Å²) in [6.45, 7) is 0. The van der Waals surface area contributed by atoms with E-state index in [1.807, 2.05) is 36.7 Å². The molecule has 0 aliphatic heterocycles. The lowest BCUT2D eigenvalue weighted by Gasteiger charge is -2.16. The van der Waals surface area contributed by atoms with Crippen LogP contribution in [0.5, 0.6) is 5.75 Å². The average Bonchev–Trinajstić information content (AvgIpc) is 3.13. The predicted molar refractivity (Wildman–Crippen MR) is 75.5 cm³/mol. The van der Waals surface area contributed by atoms with E-state index in [4.69, 9.17) is 4.74 Å². The number of benzene rings is 1. The Labute approximate surface area is 112 Å². The van der Waals surface area contributed by atoms with E-state index in [9.17, 15) is 0 Å². The Morgan fingerprint density at radius 3 is 2.11 bits per heavy atom. The number of rotatable bonds is 4. The van der Waals surface area contributed by atoms with Crippen LogP contribution in [0.25, 0.3) is 0 Å². The van der Waals surface area contributed by atoms with Crippen molar-refractivity contribution >= 4 is 0 Å². The lowest BCUT2D eigenvalue weighted by molar-refractivity contribution is 0.414. The second-order valence-electron chi connectivity index (χ2n) is 4.46. The molecule has 0 unspecified atom stereocenters. The van der Waals surface area contributed by atoms with Crippen LogP contribution in [-0.4, -0.2) is 17.1 Å². The maximum atomic E-state index is 5.32. The maximum Gasteiger partial charge on any atom is 0.119 e. The van der Waals surface area contributed by atoms with Gasteiger partial charge in [0.1, 0.15) is 5.75 Å². The number of methoxy groups -OCH3 is 1. The highest BCUT2D eigenvalue weighted by molar-refractivity contribution is 5.41. The van der Waals surface area contributed by atoms with Crippen molar-refractivity contribution in [1.82, 2.24) is 9.97 Å². The van der Waals surface area contributed by atoms with Crippen LogP contribution in [-0.2, 0) is 0 Å². The minimum Gasteiger partial charge on any atom is -0.497 e. The van der Waals surface area contributed by atoms with Crippen molar-refractivity contribution < 1.29 is 4.74 Å². The van der Waals surface area contributed by atoms with Crippen molar-refractivity contribution in [1.29, 1.82) is 0 Å². The average molecular weight is 252 g/mol. The van der Waals surface area contributed by atoms with Crippen molar-refractivity contribution in [3.8, 4) is 5.75 Å². The van der Waals surface area contributed by atoms with Gasteiger partial charge in [-0.2, -0.15) is 0 Å². The van der Waals surface area contributed by atoms with Crippen LogP contribution in [0, 0.1) is 0 Å². The van der Waals surface area contributed by atoms with Gasteiger partial charge in [0.25, 0.3) is 0 Å². The SMILES string of the molecule is COc1cccc(C(c2ccc[nH]2)c2ccc[nH]2)c1. The van der Waals surface area contributed by atoms with Crippen molar-refractivity contribution in [2.24, 2.45) is 0 Å². The Morgan fingerprint density at radius 2 is 1.58 bits per heavy atom. The van der Waals surface area contributed by atoms with E-state index in [0.717, 1.165) is 17.1 Å². The van der Waals surface area contributed by atoms with Crippen LogP contribution in [0.15, 0.2) is 60.9 Å². The Hall–Kier alpha value is -2.42. The molecule has 0 atom stereocenters. The lowest BCUT2D eigenvalue weighted by atomic mass is 9.92. The Bertz CT molecular complexity index is 592. The third kappa shape index (κ3) is 2.27. The molecule has 3 nitrogen and oxygen atoms in total. The number of ether oxygens (including phenoxy) is 1. The molecular weight excluding hydrogens is 236 g/mol. The molecule has 0 spiro atoms. The molecule has 3 heteroatoms. The summed E-state index contributed by atoms with van der Waals surface area (Å²) in [5.74, 6) is 1.04. The zero-order valence-electron chi connectivity index (χ0n) is 10.8. The van der Waals surface area contributed by atoms with E-state index in [0.29, 0.717) is 0 Å². The zero-order valence-corrected chi connectivity index (χ0v) is 10.8. The molecule has 0 bridgehead atoms. The highest BCUT2D eigenvalue weighted by Crippen LogP contribution is 2.31. The first-order valence-corrected chi connectivity index (χ1v) is 6.29. The van der Waals surface area contributed by atoms with Crippen LogP contribution in [0.4, 0.5) is 0 Å². The third-order valence-electron chi connectivity index (χ3n) is 3.29. The zero-order chi connectivity index (χ0) is 13.1. The van der Waals surface area contributed by atoms with Gasteiger partial charge in [-0.15, -0.1) is 0 Å². The second-order valence-corrected chi connectivity index (χ2v) is 4.46. The molecule has 19 heavy (non-hydrogen) atoms. The van der Waals surface area contributed by atoms with E-state index < -0.39 is 0 Å². The van der Waals surface area contributed by atoms with Crippen molar-refractivity contribution in [3.63, 3.8) is 0 Å². The number of aromatic amines is 2. The highest BCUT2D eigenvalue weighted by Gasteiger charge is 2.18. The van der Waals surface area contributed by atoms with Gasteiger partial charge in [0.15, 0.2) is 0 Å². The summed E-state index contributed by atoms with van der Waals surface area (Å²) in [4.78, 5) is 6.60. The monoisotopic (exact) mass is 252 g/mol. The van der Waals surface area contributed by atoms with Crippen LogP contribution in [0.3, 0.4) is 0 Å². The first-order valence-electron chi connectivity index (χ1n) is 6.29. The predicted octanol–water partition coefficient (Wildman–Crippen LogP) is 3.53. The summed E-state index contributed by atoms with van der Waals surface area (Å²) in [6.07, 6.45) is 3.90. The molecule has 96 valence electrons. The summed E-state index contributed by atoms with van der Waals surface area (Å²) >= 11 is 0. The Morgan fingerprint density at radius 1 is 0.895 bits per heavy atom. The number of nitrogens with one attached hydrogen (secondary N) is 2. The van der Waals surface area contributed by atoms with Gasteiger partial charge in [0, 0.05) is 23.8 Å². The molecular formula is C16H16N2O. The number of hydrogen-bond acceptors (Lipinski definition) is 1. The highest BCUT2D eigenvalue weighted by atomic mass is 16.5. The van der Waals surface area contributed by atoms with Gasteiger partial charge < -0.3 is 14.7 Å². The van der Waals surface area contributed by atoms with Crippen molar-refractivity contribution in [3.05, 3.63) is 77.9 Å². The standard InChI is InChI=1S/C16H16N2O/c1-19-13-6-2-5-12(11-13)16(14-7-3-9-17-14)15-8-4-10-18-15/h2-11,16-18H,1H3. The van der Waals surface area contributed by atoms with Gasteiger partial charge in [-0.1, -0.05) is 12.1 Å². The maximum absolute atomic E-state index is 5.32. The topological polar surface area (TPSA) is 40.8 Å². The largest absolute Gasteiger partial charge is 0.497 e. The van der Waals surface area contributed by atoms with Gasteiger partial charge in [-0.25, -0.2) is 0 Å². The first-order chi connectivity index (χ1) is 9.38. The van der Waals surface area contributed by atoms with Crippen molar-refractivity contribution in [2.75, 3.05) is 7.11 Å². The Balaban J connectivity index is 2.09. The smallest absolute Gasteiger partial charge is 0.119 e. The summed E-state index contributed by atoms with van der Waals surface area (Å²) < 4.78 is 5.32. The number of aromatic nitrogens is 2. The number of H-pyrrole nitrogens is 2. The fraction of sp³-hybridized carbons (Fsp3) is 0.125. The second kappa shape index (κ2) is 5.06. The van der Waals surface area contributed by atoms with Gasteiger partial charge in [0.2, 0.25) is 0 Å². The first kappa shape index (κ1) is 11.7. The molecule has 2 aromatic heterocycles.